The predicted octanol–water partition coefficient (Wildman–Crippen LogP) is 3.51. The molecule has 0 aliphatic heterocycles. The number of hydrogen-bond acceptors (Lipinski definition) is 1. The lowest BCUT2D eigenvalue weighted by molar-refractivity contribution is 1.20. The number of hydrogen-bond donors (Lipinski definition) is 1. The zero-order valence-corrected chi connectivity index (χ0v) is 12.1. The number of halogens is 2. The van der Waals surface area contributed by atoms with Crippen LogP contribution in [0, 0.1) is 17.4 Å². The third-order valence-electron chi connectivity index (χ3n) is 2.39. The van der Waals surface area contributed by atoms with Crippen molar-refractivity contribution in [2.45, 2.75) is 13.8 Å². The van der Waals surface area contributed by atoms with Gasteiger partial charge in [0.15, 0.2) is 0 Å². The predicted molar refractivity (Wildman–Crippen MR) is 74.5 cm³/mol. The topological polar surface area (TPSA) is 32.9 Å². The molecule has 0 saturated heterocycles. The van der Waals surface area contributed by atoms with E-state index in [2.05, 4.69) is 43.5 Å². The van der Waals surface area contributed by atoms with Crippen molar-refractivity contribution in [1.82, 2.24) is 4.98 Å². The number of nitrogens with one attached hydrogen (secondary N) is 1. The quantitative estimate of drug-likeness (QED) is 0.700. The second kappa shape index (κ2) is 3.90. The fraction of sp³-hybridized carbons (Fsp3) is 0.182. The minimum atomic E-state index is 0.103. The van der Waals surface area contributed by atoms with Gasteiger partial charge >= 0.3 is 0 Å². The third-order valence-corrected chi connectivity index (χ3v) is 4.14. The first-order valence-corrected chi connectivity index (χ1v) is 6.36. The minimum absolute atomic E-state index is 0.103. The van der Waals surface area contributed by atoms with Crippen LogP contribution < -0.4 is 5.43 Å². The molecule has 0 aliphatic rings. The Balaban J connectivity index is 3.06. The van der Waals surface area contributed by atoms with Crippen LogP contribution in [0.4, 0.5) is 0 Å². The highest BCUT2D eigenvalue weighted by Gasteiger charge is 2.08. The van der Waals surface area contributed by atoms with Crippen molar-refractivity contribution in [2.75, 3.05) is 0 Å². The smallest absolute Gasteiger partial charge is 0.202 e. The Morgan fingerprint density at radius 1 is 1.33 bits per heavy atom. The summed E-state index contributed by atoms with van der Waals surface area (Å²) in [5, 5.41) is 0.747. The molecule has 0 bridgehead atoms. The highest BCUT2D eigenvalue weighted by molar-refractivity contribution is 14.1. The van der Waals surface area contributed by atoms with Crippen molar-refractivity contribution in [3.63, 3.8) is 0 Å². The Morgan fingerprint density at radius 2 is 2.00 bits per heavy atom. The molecular formula is C11H9BrINO. The van der Waals surface area contributed by atoms with E-state index in [-0.39, 0.29) is 5.43 Å². The number of pyridine rings is 1. The molecule has 0 unspecified atom stereocenters. The van der Waals surface area contributed by atoms with Crippen molar-refractivity contribution in [3.05, 3.63) is 41.7 Å². The molecule has 1 N–H and O–H groups in total. The summed E-state index contributed by atoms with van der Waals surface area (Å²) in [6, 6.07) is 3.87. The number of benzene rings is 1. The lowest BCUT2D eigenvalue weighted by Crippen LogP contribution is -2.10. The molecule has 4 heteroatoms. The fourth-order valence-electron chi connectivity index (χ4n) is 1.62. The van der Waals surface area contributed by atoms with Gasteiger partial charge in [-0.05, 0) is 54.1 Å². The SMILES string of the molecule is Cc1[nH]c2c(C)cc(Br)cc2c(=O)c1I. The Bertz CT molecular complexity index is 604. The summed E-state index contributed by atoms with van der Waals surface area (Å²) in [7, 11) is 0. The normalized spacial score (nSPS) is 10.9. The zero-order chi connectivity index (χ0) is 11.2. The second-order valence-electron chi connectivity index (χ2n) is 3.54. The van der Waals surface area contributed by atoms with Gasteiger partial charge in [-0.2, -0.15) is 0 Å². The van der Waals surface area contributed by atoms with Gasteiger partial charge in [0.2, 0.25) is 5.43 Å². The van der Waals surface area contributed by atoms with Crippen LogP contribution in [0.1, 0.15) is 11.3 Å². The highest BCUT2D eigenvalue weighted by Crippen LogP contribution is 2.21. The number of rotatable bonds is 0. The van der Waals surface area contributed by atoms with Crippen molar-refractivity contribution in [3.8, 4) is 0 Å². The van der Waals surface area contributed by atoms with E-state index in [1.54, 1.807) is 0 Å². The van der Waals surface area contributed by atoms with E-state index < -0.39 is 0 Å². The van der Waals surface area contributed by atoms with E-state index in [1.807, 2.05) is 26.0 Å². The van der Waals surface area contributed by atoms with Crippen LogP contribution in [-0.4, -0.2) is 4.98 Å². The maximum absolute atomic E-state index is 12.0. The second-order valence-corrected chi connectivity index (χ2v) is 5.53. The molecule has 0 spiro atoms. The third kappa shape index (κ3) is 1.85. The van der Waals surface area contributed by atoms with E-state index in [0.717, 1.165) is 30.2 Å². The average molecular weight is 378 g/mol. The highest BCUT2D eigenvalue weighted by atomic mass is 127. The van der Waals surface area contributed by atoms with Crippen molar-refractivity contribution >= 4 is 49.4 Å². The minimum Gasteiger partial charge on any atom is -0.357 e. The molecule has 0 amide bonds. The molecule has 0 radical (unpaired) electrons. The molecule has 1 aromatic carbocycles. The number of aromatic nitrogens is 1. The molecule has 2 nitrogen and oxygen atoms in total. The van der Waals surface area contributed by atoms with Crippen LogP contribution in [0.25, 0.3) is 10.9 Å². The molecule has 15 heavy (non-hydrogen) atoms. The van der Waals surface area contributed by atoms with Gasteiger partial charge in [-0.15, -0.1) is 0 Å². The molecule has 2 rings (SSSR count). The molecule has 1 aromatic heterocycles. The number of aryl methyl sites for hydroxylation is 2. The first-order valence-electron chi connectivity index (χ1n) is 4.49. The monoisotopic (exact) mass is 377 g/mol. The number of fused-ring (bicyclic) bond motifs is 1. The molecule has 0 aliphatic carbocycles. The van der Waals surface area contributed by atoms with Crippen molar-refractivity contribution in [1.29, 1.82) is 0 Å². The average Bonchev–Trinajstić information content (AvgIpc) is 2.17. The number of aromatic amines is 1. The summed E-state index contributed by atoms with van der Waals surface area (Å²) in [6.45, 7) is 3.92. The first kappa shape index (κ1) is 11.1. The first-order chi connectivity index (χ1) is 7.00. The lowest BCUT2D eigenvalue weighted by Gasteiger charge is -2.06. The molecule has 0 fully saturated rings. The van der Waals surface area contributed by atoms with Gasteiger partial charge in [-0.3, -0.25) is 4.79 Å². The molecular weight excluding hydrogens is 369 g/mol. The van der Waals surface area contributed by atoms with Crippen LogP contribution in [0.2, 0.25) is 0 Å². The van der Waals surface area contributed by atoms with E-state index >= 15 is 0 Å². The largest absolute Gasteiger partial charge is 0.357 e. The Hall–Kier alpha value is -0.360. The summed E-state index contributed by atoms with van der Waals surface area (Å²) in [6.07, 6.45) is 0. The van der Waals surface area contributed by atoms with E-state index in [1.165, 1.54) is 0 Å². The molecule has 2 aromatic rings. The standard InChI is InChI=1S/C11H9BrINO/c1-5-3-7(12)4-8-10(5)14-6(2)9(13)11(8)15/h3-4H,1-2H3,(H,14,15). The maximum Gasteiger partial charge on any atom is 0.202 e. The van der Waals surface area contributed by atoms with Crippen molar-refractivity contribution in [2.24, 2.45) is 0 Å². The van der Waals surface area contributed by atoms with Crippen molar-refractivity contribution < 1.29 is 0 Å². The summed E-state index contributed by atoms with van der Waals surface area (Å²) >= 11 is 5.49. The molecule has 78 valence electrons. The van der Waals surface area contributed by atoms with Gasteiger partial charge in [0, 0.05) is 15.6 Å². The summed E-state index contributed by atoms with van der Waals surface area (Å²) < 4.78 is 1.70. The summed E-state index contributed by atoms with van der Waals surface area (Å²) in [5.41, 5.74) is 3.04. The lowest BCUT2D eigenvalue weighted by atomic mass is 10.1. The Morgan fingerprint density at radius 3 is 2.67 bits per heavy atom. The summed E-state index contributed by atoms with van der Waals surface area (Å²) in [5.74, 6) is 0. The van der Waals surface area contributed by atoms with E-state index in [4.69, 9.17) is 0 Å². The van der Waals surface area contributed by atoms with Crippen LogP contribution in [-0.2, 0) is 0 Å². The van der Waals surface area contributed by atoms with Gasteiger partial charge in [0.1, 0.15) is 0 Å². The maximum atomic E-state index is 12.0. The van der Waals surface area contributed by atoms with Crippen LogP contribution >= 0.6 is 38.5 Å². The van der Waals surface area contributed by atoms with Gasteiger partial charge in [-0.25, -0.2) is 0 Å². The van der Waals surface area contributed by atoms with Gasteiger partial charge in [0.25, 0.3) is 0 Å². The molecule has 1 heterocycles. The van der Waals surface area contributed by atoms with Crippen LogP contribution in [0.5, 0.6) is 0 Å². The van der Waals surface area contributed by atoms with Gasteiger partial charge in [0.05, 0.1) is 9.09 Å². The van der Waals surface area contributed by atoms with Gasteiger partial charge in [-0.1, -0.05) is 15.9 Å². The Labute approximate surface area is 109 Å². The molecule has 0 atom stereocenters. The Kier molecular flexibility index (Phi) is 2.89. The zero-order valence-electron chi connectivity index (χ0n) is 8.32. The van der Waals surface area contributed by atoms with E-state index in [0.29, 0.717) is 0 Å². The summed E-state index contributed by atoms with van der Waals surface area (Å²) in [4.78, 5) is 15.3. The van der Waals surface area contributed by atoms with E-state index in [9.17, 15) is 4.79 Å². The molecule has 0 saturated carbocycles. The van der Waals surface area contributed by atoms with Gasteiger partial charge < -0.3 is 4.98 Å². The fourth-order valence-corrected chi connectivity index (χ4v) is 2.62. The van der Waals surface area contributed by atoms with Crippen LogP contribution in [0.15, 0.2) is 21.4 Å². The number of H-pyrrole nitrogens is 1. The van der Waals surface area contributed by atoms with Crippen LogP contribution in [0.3, 0.4) is 0 Å².